The van der Waals surface area contributed by atoms with E-state index in [1.807, 2.05) is 12.1 Å². The van der Waals surface area contributed by atoms with E-state index in [0.717, 1.165) is 17.7 Å². The van der Waals surface area contributed by atoms with E-state index in [1.54, 1.807) is 0 Å². The second-order valence-electron chi connectivity index (χ2n) is 6.68. The topological polar surface area (TPSA) is 23.8 Å². The van der Waals surface area contributed by atoms with Crippen LogP contribution in [-0.2, 0) is 6.42 Å². The molecule has 2 heteroatoms. The Balaban J connectivity index is 2.10. The molecule has 1 aromatic rings. The highest BCUT2D eigenvalue weighted by atomic mass is 32.1. The molecule has 0 fully saturated rings. The molecule has 0 aromatic heterocycles. The van der Waals surface area contributed by atoms with Gasteiger partial charge in [0.25, 0.3) is 0 Å². The molecule has 0 saturated carbocycles. The van der Waals surface area contributed by atoms with E-state index in [1.165, 1.54) is 69.8 Å². The van der Waals surface area contributed by atoms with Crippen molar-refractivity contribution in [2.45, 2.75) is 77.6 Å². The molecule has 1 nitrogen and oxygen atoms in total. The Bertz CT molecular complexity index is 432. The fraction of sp³-hybridized carbons (Fsp3) is 0.667. The summed E-state index contributed by atoms with van der Waals surface area (Å²) in [7, 11) is 0. The van der Waals surface area contributed by atoms with Crippen LogP contribution in [0.5, 0.6) is 0 Å². The molecule has 23 heavy (non-hydrogen) atoms. The summed E-state index contributed by atoms with van der Waals surface area (Å²) in [5.74, 6) is 1.62. The zero-order valence-electron chi connectivity index (χ0n) is 14.8. The number of nitrogens with zero attached hydrogens (tertiary/aromatic N) is 1. The predicted octanol–water partition coefficient (Wildman–Crippen LogP) is 6.57. The van der Waals surface area contributed by atoms with E-state index in [0.29, 0.717) is 5.92 Å². The number of thiol groups is 1. The van der Waals surface area contributed by atoms with Crippen LogP contribution in [0, 0.1) is 17.2 Å². The Morgan fingerprint density at radius 2 is 1.48 bits per heavy atom. The van der Waals surface area contributed by atoms with Crippen LogP contribution in [0.2, 0.25) is 0 Å². The summed E-state index contributed by atoms with van der Waals surface area (Å²) in [6, 6.07) is 10.2. The summed E-state index contributed by atoms with van der Waals surface area (Å²) >= 11 is 4.52. The number of unbranched alkanes of at least 4 members (excludes halogenated alkanes) is 8. The molecule has 0 aliphatic rings. The Kier molecular flexibility index (Phi) is 11.8. The first-order valence-electron chi connectivity index (χ1n) is 9.40. The molecule has 1 unspecified atom stereocenters. The molecule has 128 valence electrons. The van der Waals surface area contributed by atoms with Gasteiger partial charge in [-0.05, 0) is 42.2 Å². The van der Waals surface area contributed by atoms with Crippen molar-refractivity contribution < 1.29 is 0 Å². The fourth-order valence-corrected chi connectivity index (χ4v) is 3.36. The van der Waals surface area contributed by atoms with Gasteiger partial charge < -0.3 is 0 Å². The van der Waals surface area contributed by atoms with Crippen LogP contribution >= 0.6 is 12.6 Å². The van der Waals surface area contributed by atoms with Gasteiger partial charge >= 0.3 is 0 Å². The van der Waals surface area contributed by atoms with E-state index in [-0.39, 0.29) is 0 Å². The maximum atomic E-state index is 8.84. The SMILES string of the molecule is CCCCCCCCCCCC(CS)Cc1ccc(C#N)cc1. The molecule has 0 aliphatic carbocycles. The average Bonchev–Trinajstić information content (AvgIpc) is 2.59. The molecule has 0 N–H and O–H groups in total. The van der Waals surface area contributed by atoms with Crippen LogP contribution < -0.4 is 0 Å². The number of hydrogen-bond donors (Lipinski definition) is 1. The zero-order chi connectivity index (χ0) is 16.8. The summed E-state index contributed by atoms with van der Waals surface area (Å²) in [5.41, 5.74) is 2.08. The number of benzene rings is 1. The van der Waals surface area contributed by atoms with Crippen LogP contribution in [0.25, 0.3) is 0 Å². The Hall–Kier alpha value is -0.940. The molecule has 1 atom stereocenters. The van der Waals surface area contributed by atoms with Crippen LogP contribution in [0.1, 0.15) is 82.3 Å². The van der Waals surface area contributed by atoms with Gasteiger partial charge in [-0.1, -0.05) is 76.8 Å². The Labute approximate surface area is 148 Å². The van der Waals surface area contributed by atoms with Crippen molar-refractivity contribution in [2.75, 3.05) is 5.75 Å². The third-order valence-corrected chi connectivity index (χ3v) is 5.10. The maximum absolute atomic E-state index is 8.84. The van der Waals surface area contributed by atoms with Gasteiger partial charge in [0.1, 0.15) is 0 Å². The molecule has 0 heterocycles. The van der Waals surface area contributed by atoms with Crippen LogP contribution in [0.3, 0.4) is 0 Å². The zero-order valence-corrected chi connectivity index (χ0v) is 15.7. The van der Waals surface area contributed by atoms with Crippen molar-refractivity contribution >= 4 is 12.6 Å². The third kappa shape index (κ3) is 9.72. The summed E-state index contributed by atoms with van der Waals surface area (Å²) in [4.78, 5) is 0. The number of rotatable bonds is 13. The van der Waals surface area contributed by atoms with Crippen molar-refractivity contribution in [2.24, 2.45) is 5.92 Å². The van der Waals surface area contributed by atoms with E-state index in [9.17, 15) is 0 Å². The lowest BCUT2D eigenvalue weighted by Crippen LogP contribution is -2.06. The third-order valence-electron chi connectivity index (χ3n) is 4.58. The van der Waals surface area contributed by atoms with Gasteiger partial charge in [0.15, 0.2) is 0 Å². The van der Waals surface area contributed by atoms with Gasteiger partial charge in [-0.2, -0.15) is 17.9 Å². The van der Waals surface area contributed by atoms with Crippen molar-refractivity contribution in [1.29, 1.82) is 5.26 Å². The normalized spacial score (nSPS) is 12.0. The van der Waals surface area contributed by atoms with Gasteiger partial charge in [-0.25, -0.2) is 0 Å². The lowest BCUT2D eigenvalue weighted by molar-refractivity contribution is 0.484. The lowest BCUT2D eigenvalue weighted by atomic mass is 9.94. The molecule has 0 bridgehead atoms. The molecule has 0 radical (unpaired) electrons. The van der Waals surface area contributed by atoms with Crippen molar-refractivity contribution in [3.05, 3.63) is 35.4 Å². The van der Waals surface area contributed by atoms with Gasteiger partial charge in [-0.15, -0.1) is 0 Å². The second-order valence-corrected chi connectivity index (χ2v) is 7.04. The quantitative estimate of drug-likeness (QED) is 0.321. The smallest absolute Gasteiger partial charge is 0.0991 e. The summed E-state index contributed by atoms with van der Waals surface area (Å²) in [5, 5.41) is 8.84. The molecule has 0 amide bonds. The predicted molar refractivity (Wildman–Crippen MR) is 104 cm³/mol. The van der Waals surface area contributed by atoms with Crippen LogP contribution in [0.15, 0.2) is 24.3 Å². The van der Waals surface area contributed by atoms with E-state index in [2.05, 4.69) is 37.8 Å². The van der Waals surface area contributed by atoms with E-state index >= 15 is 0 Å². The average molecular weight is 332 g/mol. The van der Waals surface area contributed by atoms with Gasteiger partial charge in [-0.3, -0.25) is 0 Å². The van der Waals surface area contributed by atoms with E-state index < -0.39 is 0 Å². The Morgan fingerprint density at radius 3 is 2.00 bits per heavy atom. The molecule has 0 spiro atoms. The van der Waals surface area contributed by atoms with Crippen molar-refractivity contribution in [3.8, 4) is 6.07 Å². The Morgan fingerprint density at radius 1 is 0.913 bits per heavy atom. The highest BCUT2D eigenvalue weighted by Crippen LogP contribution is 2.19. The van der Waals surface area contributed by atoms with Crippen molar-refractivity contribution in [1.82, 2.24) is 0 Å². The van der Waals surface area contributed by atoms with Gasteiger partial charge in [0.05, 0.1) is 11.6 Å². The first-order valence-corrected chi connectivity index (χ1v) is 10.0. The minimum Gasteiger partial charge on any atom is -0.192 e. The standard InChI is InChI=1S/C21H33NS/c1-2-3-4-5-6-7-8-9-10-11-21(18-23)16-19-12-14-20(17-22)15-13-19/h12-15,21,23H,2-11,16,18H2,1H3. The highest BCUT2D eigenvalue weighted by Gasteiger charge is 2.08. The van der Waals surface area contributed by atoms with Gasteiger partial charge in [0.2, 0.25) is 0 Å². The first-order chi connectivity index (χ1) is 11.3. The summed E-state index contributed by atoms with van der Waals surface area (Å²) in [6.07, 6.45) is 14.9. The molecular weight excluding hydrogens is 298 g/mol. The first kappa shape index (κ1) is 20.1. The summed E-state index contributed by atoms with van der Waals surface area (Å²) < 4.78 is 0. The van der Waals surface area contributed by atoms with Gasteiger partial charge in [0, 0.05) is 0 Å². The molecule has 1 rings (SSSR count). The van der Waals surface area contributed by atoms with E-state index in [4.69, 9.17) is 5.26 Å². The molecular formula is C21H33NS. The minimum absolute atomic E-state index is 0.663. The van der Waals surface area contributed by atoms with Crippen LogP contribution in [0.4, 0.5) is 0 Å². The second kappa shape index (κ2) is 13.5. The largest absolute Gasteiger partial charge is 0.192 e. The molecule has 1 aromatic carbocycles. The highest BCUT2D eigenvalue weighted by molar-refractivity contribution is 7.80. The molecule has 0 aliphatic heterocycles. The fourth-order valence-electron chi connectivity index (χ4n) is 3.05. The molecule has 0 saturated heterocycles. The number of nitriles is 1. The number of hydrogen-bond acceptors (Lipinski definition) is 2. The summed E-state index contributed by atoms with van der Waals surface area (Å²) in [6.45, 7) is 2.27. The minimum atomic E-state index is 0.663. The van der Waals surface area contributed by atoms with Crippen molar-refractivity contribution in [3.63, 3.8) is 0 Å². The monoisotopic (exact) mass is 331 g/mol. The maximum Gasteiger partial charge on any atom is 0.0991 e. The van der Waals surface area contributed by atoms with Crippen LogP contribution in [-0.4, -0.2) is 5.75 Å². The lowest BCUT2D eigenvalue weighted by Gasteiger charge is -2.14.